The molecule has 2 aromatic heterocycles. The molecule has 0 aliphatic heterocycles. The molecule has 21 heavy (non-hydrogen) atoms. The Labute approximate surface area is 120 Å². The molecule has 0 saturated carbocycles. The van der Waals surface area contributed by atoms with Crippen molar-refractivity contribution in [1.29, 1.82) is 0 Å². The number of aromatic amines is 1. The van der Waals surface area contributed by atoms with Gasteiger partial charge in [-0.3, -0.25) is 4.79 Å². The maximum Gasteiger partial charge on any atom is 0.257 e. The number of furan rings is 1. The highest BCUT2D eigenvalue weighted by molar-refractivity contribution is 6.05. The van der Waals surface area contributed by atoms with Crippen molar-refractivity contribution in [2.45, 2.75) is 12.8 Å². The number of aromatic nitrogens is 4. The summed E-state index contributed by atoms with van der Waals surface area (Å²) in [6.07, 6.45) is 1.50. The Hall–Kier alpha value is -2.70. The molecule has 1 N–H and O–H groups in total. The van der Waals surface area contributed by atoms with Gasteiger partial charge < -0.3 is 9.32 Å². The number of amides is 1. The Morgan fingerprint density at radius 3 is 3.00 bits per heavy atom. The zero-order chi connectivity index (χ0) is 14.8. The second-order valence-corrected chi connectivity index (χ2v) is 5.00. The Morgan fingerprint density at radius 1 is 1.43 bits per heavy atom. The number of hydrogen-bond acceptors (Lipinski definition) is 5. The molecule has 0 fully saturated rings. The van der Waals surface area contributed by atoms with E-state index in [2.05, 4.69) is 20.6 Å². The summed E-state index contributed by atoms with van der Waals surface area (Å²) in [6, 6.07) is 7.48. The van der Waals surface area contributed by atoms with Crippen LogP contribution in [0.15, 0.2) is 34.9 Å². The predicted molar refractivity (Wildman–Crippen MR) is 75.8 cm³/mol. The van der Waals surface area contributed by atoms with Crippen LogP contribution in [-0.4, -0.2) is 45.0 Å². The maximum atomic E-state index is 12.5. The number of benzene rings is 1. The van der Waals surface area contributed by atoms with Gasteiger partial charge in [-0.2, -0.15) is 5.21 Å². The minimum absolute atomic E-state index is 0.00383. The van der Waals surface area contributed by atoms with E-state index < -0.39 is 0 Å². The fourth-order valence-electron chi connectivity index (χ4n) is 2.30. The largest absolute Gasteiger partial charge is 0.463 e. The van der Waals surface area contributed by atoms with E-state index in [9.17, 15) is 4.79 Å². The van der Waals surface area contributed by atoms with Crippen molar-refractivity contribution in [1.82, 2.24) is 25.5 Å². The molecule has 0 spiro atoms. The van der Waals surface area contributed by atoms with E-state index in [1.165, 1.54) is 6.26 Å². The second kappa shape index (κ2) is 5.35. The molecule has 0 unspecified atom stereocenters. The van der Waals surface area contributed by atoms with Crippen molar-refractivity contribution < 1.29 is 9.21 Å². The third-order valence-electron chi connectivity index (χ3n) is 3.41. The fourth-order valence-corrected chi connectivity index (χ4v) is 2.30. The first kappa shape index (κ1) is 13.3. The lowest BCUT2D eigenvalue weighted by Crippen LogP contribution is -2.30. The maximum absolute atomic E-state index is 12.5. The molecule has 3 rings (SSSR count). The number of fused-ring (bicyclic) bond motifs is 1. The minimum atomic E-state index is -0.0877. The van der Waals surface area contributed by atoms with Gasteiger partial charge in [0.15, 0.2) is 5.82 Å². The van der Waals surface area contributed by atoms with Gasteiger partial charge in [-0.15, -0.1) is 10.2 Å². The summed E-state index contributed by atoms with van der Waals surface area (Å²) in [6.45, 7) is 2.44. The van der Waals surface area contributed by atoms with E-state index in [0.717, 1.165) is 5.39 Å². The molecule has 108 valence electrons. The standard InChI is InChI=1S/C14H15N5O2/c1-9(13-15-17-18-16-13)7-19(2)14(20)11-8-21-12-6-4-3-5-10(11)12/h3-6,8-9H,7H2,1-2H3,(H,15,16,17,18)/t9-/m0/s1. The lowest BCUT2D eigenvalue weighted by molar-refractivity contribution is 0.0788. The molecule has 0 radical (unpaired) electrons. The summed E-state index contributed by atoms with van der Waals surface area (Å²) in [5.41, 5.74) is 1.27. The normalized spacial score (nSPS) is 12.5. The van der Waals surface area contributed by atoms with Crippen molar-refractivity contribution >= 4 is 16.9 Å². The summed E-state index contributed by atoms with van der Waals surface area (Å²) >= 11 is 0. The summed E-state index contributed by atoms with van der Waals surface area (Å²) in [4.78, 5) is 14.2. The van der Waals surface area contributed by atoms with Gasteiger partial charge in [-0.1, -0.05) is 30.3 Å². The van der Waals surface area contributed by atoms with Crippen molar-refractivity contribution in [3.05, 3.63) is 41.9 Å². The third-order valence-corrected chi connectivity index (χ3v) is 3.41. The van der Waals surface area contributed by atoms with Gasteiger partial charge in [0.1, 0.15) is 11.8 Å². The van der Waals surface area contributed by atoms with E-state index >= 15 is 0 Å². The first-order valence-electron chi connectivity index (χ1n) is 6.62. The topological polar surface area (TPSA) is 87.9 Å². The predicted octanol–water partition coefficient (Wildman–Crippen LogP) is 1.82. The monoisotopic (exact) mass is 285 g/mol. The minimum Gasteiger partial charge on any atom is -0.463 e. The molecule has 7 nitrogen and oxygen atoms in total. The molecular weight excluding hydrogens is 270 g/mol. The molecule has 2 heterocycles. The number of H-pyrrole nitrogens is 1. The fraction of sp³-hybridized carbons (Fsp3) is 0.286. The van der Waals surface area contributed by atoms with E-state index in [4.69, 9.17) is 4.42 Å². The lowest BCUT2D eigenvalue weighted by atomic mass is 10.1. The number of rotatable bonds is 4. The molecule has 0 saturated heterocycles. The molecule has 0 bridgehead atoms. The van der Waals surface area contributed by atoms with Crippen LogP contribution in [0.2, 0.25) is 0 Å². The van der Waals surface area contributed by atoms with Crippen LogP contribution < -0.4 is 0 Å². The van der Waals surface area contributed by atoms with Gasteiger partial charge in [-0.05, 0) is 6.07 Å². The van der Waals surface area contributed by atoms with Gasteiger partial charge >= 0.3 is 0 Å². The van der Waals surface area contributed by atoms with Crippen molar-refractivity contribution in [3.8, 4) is 0 Å². The Morgan fingerprint density at radius 2 is 2.24 bits per heavy atom. The highest BCUT2D eigenvalue weighted by Gasteiger charge is 2.20. The van der Waals surface area contributed by atoms with Crippen LogP contribution >= 0.6 is 0 Å². The number of tetrazole rings is 1. The number of likely N-dealkylation sites (N-methyl/N-ethyl adjacent to an activating group) is 1. The Kier molecular flexibility index (Phi) is 3.39. The smallest absolute Gasteiger partial charge is 0.257 e. The van der Waals surface area contributed by atoms with Crippen LogP contribution in [0.25, 0.3) is 11.0 Å². The number of nitrogens with zero attached hydrogens (tertiary/aromatic N) is 4. The molecule has 7 heteroatoms. The van der Waals surface area contributed by atoms with E-state index in [-0.39, 0.29) is 11.8 Å². The van der Waals surface area contributed by atoms with Crippen LogP contribution in [0.5, 0.6) is 0 Å². The second-order valence-electron chi connectivity index (χ2n) is 5.00. The molecular formula is C14H15N5O2. The van der Waals surface area contributed by atoms with Gasteiger partial charge in [0, 0.05) is 24.9 Å². The van der Waals surface area contributed by atoms with Crippen molar-refractivity contribution in [3.63, 3.8) is 0 Å². The zero-order valence-electron chi connectivity index (χ0n) is 11.8. The number of nitrogens with one attached hydrogen (secondary N) is 1. The van der Waals surface area contributed by atoms with Crippen LogP contribution in [0.4, 0.5) is 0 Å². The van der Waals surface area contributed by atoms with Crippen LogP contribution in [0.3, 0.4) is 0 Å². The first-order valence-corrected chi connectivity index (χ1v) is 6.62. The quantitative estimate of drug-likeness (QED) is 0.790. The third kappa shape index (κ3) is 2.49. The number of hydrogen-bond donors (Lipinski definition) is 1. The number of carbonyl (C=O) groups is 1. The van der Waals surface area contributed by atoms with E-state index in [1.54, 1.807) is 11.9 Å². The molecule has 0 aliphatic carbocycles. The van der Waals surface area contributed by atoms with Gasteiger partial charge in [-0.25, -0.2) is 0 Å². The van der Waals surface area contributed by atoms with Gasteiger partial charge in [0.2, 0.25) is 0 Å². The van der Waals surface area contributed by atoms with Crippen molar-refractivity contribution in [2.24, 2.45) is 0 Å². The highest BCUT2D eigenvalue weighted by Crippen LogP contribution is 2.22. The summed E-state index contributed by atoms with van der Waals surface area (Å²) < 4.78 is 5.41. The summed E-state index contributed by atoms with van der Waals surface area (Å²) in [5.74, 6) is 0.498. The van der Waals surface area contributed by atoms with Gasteiger partial charge in [0.05, 0.1) is 5.56 Å². The zero-order valence-corrected chi connectivity index (χ0v) is 11.8. The van der Waals surface area contributed by atoms with Crippen molar-refractivity contribution in [2.75, 3.05) is 13.6 Å². The van der Waals surface area contributed by atoms with Crippen LogP contribution in [0, 0.1) is 0 Å². The summed E-state index contributed by atoms with van der Waals surface area (Å²) in [7, 11) is 1.75. The Balaban J connectivity index is 1.78. The highest BCUT2D eigenvalue weighted by atomic mass is 16.3. The average Bonchev–Trinajstić information content (AvgIpc) is 3.15. The lowest BCUT2D eigenvalue weighted by Gasteiger charge is -2.19. The molecule has 1 amide bonds. The van der Waals surface area contributed by atoms with E-state index in [0.29, 0.717) is 23.5 Å². The molecule has 3 aromatic rings. The van der Waals surface area contributed by atoms with Gasteiger partial charge in [0.25, 0.3) is 5.91 Å². The number of carbonyl (C=O) groups excluding carboxylic acids is 1. The molecule has 1 aromatic carbocycles. The first-order chi connectivity index (χ1) is 10.2. The average molecular weight is 285 g/mol. The molecule has 0 aliphatic rings. The SMILES string of the molecule is C[C@@H](CN(C)C(=O)c1coc2ccccc12)c1nn[nH]n1. The van der Waals surface area contributed by atoms with E-state index in [1.807, 2.05) is 31.2 Å². The summed E-state index contributed by atoms with van der Waals surface area (Å²) in [5, 5.41) is 14.6. The number of para-hydroxylation sites is 1. The molecule has 1 atom stereocenters. The van der Waals surface area contributed by atoms with Crippen LogP contribution in [-0.2, 0) is 0 Å². The Bertz CT molecular complexity index is 750. The van der Waals surface area contributed by atoms with Crippen LogP contribution in [0.1, 0.15) is 29.0 Å².